The molecule has 0 aliphatic carbocycles. The topological polar surface area (TPSA) is 58.6 Å². The Hall–Kier alpha value is -0.910. The molecule has 0 aromatic heterocycles. The van der Waals surface area contributed by atoms with E-state index in [1.807, 2.05) is 11.8 Å². The van der Waals surface area contributed by atoms with Gasteiger partial charge < -0.3 is 15.0 Å². The molecule has 0 bridgehead atoms. The van der Waals surface area contributed by atoms with Crippen molar-refractivity contribution in [3.8, 4) is 0 Å². The van der Waals surface area contributed by atoms with Gasteiger partial charge in [0.15, 0.2) is 0 Å². The van der Waals surface area contributed by atoms with Gasteiger partial charge in [0.25, 0.3) is 0 Å². The highest BCUT2D eigenvalue weighted by molar-refractivity contribution is 7.99. The number of alkyl carbamates (subject to hydrolysis) is 1. The van der Waals surface area contributed by atoms with Crippen LogP contribution in [-0.4, -0.2) is 52.6 Å². The molecule has 5 nitrogen and oxygen atoms in total. The largest absolute Gasteiger partial charge is 0.444 e. The molecule has 6 heteroatoms. The summed E-state index contributed by atoms with van der Waals surface area (Å²) in [7, 11) is 0. The molecule has 1 aliphatic heterocycles. The van der Waals surface area contributed by atoms with Crippen molar-refractivity contribution >= 4 is 23.8 Å². The Morgan fingerprint density at radius 1 is 1.11 bits per heavy atom. The zero-order chi connectivity index (χ0) is 14.7. The predicted molar refractivity (Wildman–Crippen MR) is 77.4 cm³/mol. The van der Waals surface area contributed by atoms with Gasteiger partial charge in [-0.2, -0.15) is 11.8 Å². The molecule has 1 fully saturated rings. The van der Waals surface area contributed by atoms with Crippen LogP contribution in [0.25, 0.3) is 0 Å². The summed E-state index contributed by atoms with van der Waals surface area (Å²) in [6.45, 7) is 10.3. The maximum absolute atomic E-state index is 12.4. The van der Waals surface area contributed by atoms with Gasteiger partial charge in [0.2, 0.25) is 5.91 Å². The number of thioether (sulfide) groups is 1. The van der Waals surface area contributed by atoms with Gasteiger partial charge in [0, 0.05) is 24.6 Å². The van der Waals surface area contributed by atoms with Crippen molar-refractivity contribution in [3.05, 3.63) is 0 Å². The zero-order valence-electron chi connectivity index (χ0n) is 12.4. The van der Waals surface area contributed by atoms with Crippen LogP contribution < -0.4 is 5.32 Å². The van der Waals surface area contributed by atoms with E-state index in [1.165, 1.54) is 0 Å². The molecule has 0 aromatic rings. The second-order valence-corrected chi connectivity index (χ2v) is 7.38. The monoisotopic (exact) mass is 288 g/mol. The van der Waals surface area contributed by atoms with Crippen LogP contribution in [-0.2, 0) is 9.53 Å². The molecule has 19 heavy (non-hydrogen) atoms. The lowest BCUT2D eigenvalue weighted by Crippen LogP contribution is -2.58. The van der Waals surface area contributed by atoms with Crippen molar-refractivity contribution in [2.75, 3.05) is 24.6 Å². The molecule has 1 rings (SSSR count). The van der Waals surface area contributed by atoms with Gasteiger partial charge in [0.05, 0.1) is 0 Å². The number of hydrogen-bond donors (Lipinski definition) is 1. The standard InChI is InChI=1S/C13H24N2O3S/c1-12(2,3)18-11(17)14-13(4,5)10(16)15-6-8-19-9-7-15/h6-9H2,1-5H3,(H,14,17). The number of nitrogens with one attached hydrogen (secondary N) is 1. The van der Waals surface area contributed by atoms with E-state index in [9.17, 15) is 9.59 Å². The summed E-state index contributed by atoms with van der Waals surface area (Å²) in [5.41, 5.74) is -1.50. The van der Waals surface area contributed by atoms with Crippen LogP contribution in [0, 0.1) is 0 Å². The molecule has 1 aliphatic rings. The lowest BCUT2D eigenvalue weighted by Gasteiger charge is -2.34. The van der Waals surface area contributed by atoms with Crippen LogP contribution in [0.15, 0.2) is 0 Å². The second kappa shape index (κ2) is 6.03. The van der Waals surface area contributed by atoms with Crippen LogP contribution in [0.1, 0.15) is 34.6 Å². The van der Waals surface area contributed by atoms with E-state index in [0.29, 0.717) is 0 Å². The first-order valence-electron chi connectivity index (χ1n) is 6.50. The quantitative estimate of drug-likeness (QED) is 0.842. The number of carbonyl (C=O) groups excluding carboxylic acids is 2. The Bertz CT molecular complexity index is 344. The molecule has 0 aromatic carbocycles. The maximum atomic E-state index is 12.4. The number of nitrogens with zero attached hydrogens (tertiary/aromatic N) is 1. The van der Waals surface area contributed by atoms with Crippen molar-refractivity contribution in [2.24, 2.45) is 0 Å². The van der Waals surface area contributed by atoms with Gasteiger partial charge in [-0.3, -0.25) is 4.79 Å². The maximum Gasteiger partial charge on any atom is 0.408 e. The molecule has 1 heterocycles. The Morgan fingerprint density at radius 2 is 1.63 bits per heavy atom. The number of carbonyl (C=O) groups is 2. The van der Waals surface area contributed by atoms with Crippen molar-refractivity contribution in [3.63, 3.8) is 0 Å². The zero-order valence-corrected chi connectivity index (χ0v) is 13.2. The lowest BCUT2D eigenvalue weighted by atomic mass is 10.0. The fraction of sp³-hybridized carbons (Fsp3) is 0.846. The second-order valence-electron chi connectivity index (χ2n) is 6.16. The summed E-state index contributed by atoms with van der Waals surface area (Å²) in [6, 6.07) is 0. The third-order valence-corrected chi connectivity index (χ3v) is 3.59. The molecule has 0 atom stereocenters. The van der Waals surface area contributed by atoms with E-state index in [-0.39, 0.29) is 5.91 Å². The number of hydrogen-bond acceptors (Lipinski definition) is 4. The number of amides is 2. The predicted octanol–water partition coefficient (Wildman–Crippen LogP) is 1.87. The van der Waals surface area contributed by atoms with Crippen molar-refractivity contribution in [2.45, 2.75) is 45.8 Å². The van der Waals surface area contributed by atoms with Crippen molar-refractivity contribution in [1.82, 2.24) is 10.2 Å². The summed E-state index contributed by atoms with van der Waals surface area (Å²) in [5, 5.41) is 2.65. The Labute approximate surface area is 119 Å². The van der Waals surface area contributed by atoms with Gasteiger partial charge >= 0.3 is 6.09 Å². The normalized spacial score (nSPS) is 17.0. The number of rotatable bonds is 2. The van der Waals surface area contributed by atoms with Gasteiger partial charge in [-0.15, -0.1) is 0 Å². The van der Waals surface area contributed by atoms with Crippen molar-refractivity contribution < 1.29 is 14.3 Å². The minimum Gasteiger partial charge on any atom is -0.444 e. The third-order valence-electron chi connectivity index (χ3n) is 2.65. The Balaban J connectivity index is 2.58. The van der Waals surface area contributed by atoms with Crippen LogP contribution in [0.4, 0.5) is 4.79 Å². The molecule has 0 saturated carbocycles. The fourth-order valence-electron chi connectivity index (χ4n) is 1.77. The SMILES string of the molecule is CC(C)(C)OC(=O)NC(C)(C)C(=O)N1CCSCC1. The molecule has 0 unspecified atom stereocenters. The molecule has 0 radical (unpaired) electrons. The Kier molecular flexibility index (Phi) is 5.12. The van der Waals surface area contributed by atoms with E-state index < -0.39 is 17.2 Å². The highest BCUT2D eigenvalue weighted by Gasteiger charge is 2.35. The van der Waals surface area contributed by atoms with Crippen molar-refractivity contribution in [1.29, 1.82) is 0 Å². The first-order valence-corrected chi connectivity index (χ1v) is 7.65. The van der Waals surface area contributed by atoms with E-state index >= 15 is 0 Å². The minimum atomic E-state index is -0.940. The summed E-state index contributed by atoms with van der Waals surface area (Å²) in [6.07, 6.45) is -0.558. The van der Waals surface area contributed by atoms with E-state index in [4.69, 9.17) is 4.74 Å². The van der Waals surface area contributed by atoms with E-state index in [0.717, 1.165) is 24.6 Å². The van der Waals surface area contributed by atoms with E-state index in [2.05, 4.69) is 5.32 Å². The van der Waals surface area contributed by atoms with Gasteiger partial charge in [-0.05, 0) is 34.6 Å². The third kappa shape index (κ3) is 5.30. The summed E-state index contributed by atoms with van der Waals surface area (Å²) >= 11 is 1.84. The van der Waals surface area contributed by atoms with E-state index in [1.54, 1.807) is 39.5 Å². The van der Waals surface area contributed by atoms with Crippen LogP contribution in [0.5, 0.6) is 0 Å². The molecule has 110 valence electrons. The molecule has 2 amide bonds. The summed E-state index contributed by atoms with van der Waals surface area (Å²) < 4.78 is 5.19. The van der Waals surface area contributed by atoms with Crippen LogP contribution >= 0.6 is 11.8 Å². The Morgan fingerprint density at radius 3 is 2.11 bits per heavy atom. The molecule has 1 saturated heterocycles. The molecular formula is C13H24N2O3S. The number of ether oxygens (including phenoxy) is 1. The van der Waals surface area contributed by atoms with Gasteiger partial charge in [0.1, 0.15) is 11.1 Å². The lowest BCUT2D eigenvalue weighted by molar-refractivity contribution is -0.136. The van der Waals surface area contributed by atoms with Gasteiger partial charge in [-0.25, -0.2) is 4.79 Å². The van der Waals surface area contributed by atoms with Crippen LogP contribution in [0.3, 0.4) is 0 Å². The first kappa shape index (κ1) is 16.1. The molecular weight excluding hydrogens is 264 g/mol. The average Bonchev–Trinajstić information content (AvgIpc) is 2.25. The minimum absolute atomic E-state index is 0.0568. The summed E-state index contributed by atoms with van der Waals surface area (Å²) in [5.74, 6) is 1.85. The summed E-state index contributed by atoms with van der Waals surface area (Å²) in [4.78, 5) is 25.9. The fourth-order valence-corrected chi connectivity index (χ4v) is 2.68. The first-order chi connectivity index (χ1) is 8.62. The average molecular weight is 288 g/mol. The van der Waals surface area contributed by atoms with Crippen LogP contribution in [0.2, 0.25) is 0 Å². The molecule has 0 spiro atoms. The molecule has 1 N–H and O–H groups in total. The highest BCUT2D eigenvalue weighted by Crippen LogP contribution is 2.16. The highest BCUT2D eigenvalue weighted by atomic mass is 32.2. The van der Waals surface area contributed by atoms with Gasteiger partial charge in [-0.1, -0.05) is 0 Å². The smallest absolute Gasteiger partial charge is 0.408 e.